The molecule has 5 aromatic rings. The lowest BCUT2D eigenvalue weighted by molar-refractivity contribution is 0.282. The first kappa shape index (κ1) is 22.0. The maximum absolute atomic E-state index is 9.45. The van der Waals surface area contributed by atoms with Crippen LogP contribution in [0.3, 0.4) is 0 Å². The zero-order chi connectivity index (χ0) is 22.9. The van der Waals surface area contributed by atoms with Crippen LogP contribution in [0.5, 0.6) is 0 Å². The largest absolute Gasteiger partial charge is 0.396 e. The van der Waals surface area contributed by atoms with Gasteiger partial charge in [0, 0.05) is 58.5 Å². The summed E-state index contributed by atoms with van der Waals surface area (Å²) in [4.78, 5) is 20.7. The Morgan fingerprint density at radius 3 is 2.76 bits per heavy atom. The van der Waals surface area contributed by atoms with E-state index in [0.29, 0.717) is 28.9 Å². The number of imidazole rings is 1. The third-order valence-electron chi connectivity index (χ3n) is 5.32. The van der Waals surface area contributed by atoms with E-state index >= 15 is 0 Å². The lowest BCUT2D eigenvalue weighted by atomic mass is 10.0. The molecule has 33 heavy (non-hydrogen) atoms. The Kier molecular flexibility index (Phi) is 6.11. The summed E-state index contributed by atoms with van der Waals surface area (Å²) in [6.45, 7) is 2.11. The number of halogens is 1. The van der Waals surface area contributed by atoms with E-state index in [9.17, 15) is 5.11 Å². The molecule has 1 aromatic carbocycles. The van der Waals surface area contributed by atoms with E-state index in [1.807, 2.05) is 59.9 Å². The fraction of sp³-hybridized carbons (Fsp3) is 0.217. The number of thiazole rings is 1. The molecule has 0 fully saturated rings. The number of rotatable bonds is 7. The van der Waals surface area contributed by atoms with Crippen molar-refractivity contribution in [3.8, 4) is 33.3 Å². The molecule has 5 rings (SSSR count). The highest BCUT2D eigenvalue weighted by atomic mass is 35.5. The smallest absolute Gasteiger partial charge is 0.199 e. The van der Waals surface area contributed by atoms with Crippen LogP contribution in [0.25, 0.3) is 43.6 Å². The molecule has 4 heterocycles. The number of anilines is 1. The summed E-state index contributed by atoms with van der Waals surface area (Å²) in [5.41, 5.74) is 4.56. The molecule has 0 amide bonds. The van der Waals surface area contributed by atoms with Gasteiger partial charge in [0.25, 0.3) is 0 Å². The molecule has 0 radical (unpaired) electrons. The minimum absolute atomic E-state index is 0.00858. The highest BCUT2D eigenvalue weighted by molar-refractivity contribution is 7.22. The fourth-order valence-corrected chi connectivity index (χ4v) is 5.75. The Morgan fingerprint density at radius 2 is 2.06 bits per heavy atom. The normalized spacial score (nSPS) is 12.4. The van der Waals surface area contributed by atoms with Crippen molar-refractivity contribution in [1.82, 2.24) is 24.5 Å². The second-order valence-corrected chi connectivity index (χ2v) is 9.78. The number of benzene rings is 1. The maximum Gasteiger partial charge on any atom is 0.199 e. The van der Waals surface area contributed by atoms with Crippen molar-refractivity contribution in [1.29, 1.82) is 0 Å². The van der Waals surface area contributed by atoms with E-state index in [2.05, 4.69) is 15.3 Å². The molecule has 0 saturated heterocycles. The topological polar surface area (TPSA) is 88.8 Å². The van der Waals surface area contributed by atoms with Crippen LogP contribution in [0.4, 0.5) is 5.82 Å². The number of thiophene rings is 1. The number of hydrogen-bond acceptors (Lipinski definition) is 8. The number of aliphatic hydroxyl groups excluding tert-OH is 1. The van der Waals surface area contributed by atoms with Gasteiger partial charge < -0.3 is 15.0 Å². The Balaban J connectivity index is 1.83. The molecule has 2 N–H and O–H groups in total. The molecule has 0 bridgehead atoms. The summed E-state index contributed by atoms with van der Waals surface area (Å²) in [5, 5.41) is 16.5. The second-order valence-electron chi connectivity index (χ2n) is 7.66. The number of aryl methyl sites for hydroxylation is 1. The number of nitrogens with one attached hydrogen (secondary N) is 1. The molecule has 0 aliphatic carbocycles. The first-order valence-electron chi connectivity index (χ1n) is 10.4. The molecule has 0 aliphatic heterocycles. The molecule has 0 saturated carbocycles. The highest BCUT2D eigenvalue weighted by Gasteiger charge is 2.25. The van der Waals surface area contributed by atoms with Crippen molar-refractivity contribution in [2.24, 2.45) is 7.05 Å². The maximum atomic E-state index is 9.45. The van der Waals surface area contributed by atoms with Crippen LogP contribution in [-0.4, -0.2) is 42.3 Å². The molecule has 0 spiro atoms. The van der Waals surface area contributed by atoms with Crippen LogP contribution in [0.15, 0.2) is 47.5 Å². The molecule has 168 valence electrons. The minimum Gasteiger partial charge on any atom is -0.396 e. The van der Waals surface area contributed by atoms with Gasteiger partial charge in [-0.2, -0.15) is 0 Å². The standard InChI is InChI=1S/C23H21ClN6OS2/c1-13(7-10-31)27-20-18-17(16-11-32-12-26-16)19(14-5-3-4-6-15(14)24)33-23(18)29-21(28-20)22-25-8-9-30(22)2/h3-6,8-9,11-13,31H,7,10H2,1-2H3,(H,27,28,29). The van der Waals surface area contributed by atoms with Crippen molar-refractivity contribution in [2.45, 2.75) is 19.4 Å². The van der Waals surface area contributed by atoms with Crippen LogP contribution in [0, 0.1) is 0 Å². The van der Waals surface area contributed by atoms with E-state index in [0.717, 1.165) is 31.9 Å². The van der Waals surface area contributed by atoms with Crippen molar-refractivity contribution >= 4 is 50.3 Å². The summed E-state index contributed by atoms with van der Waals surface area (Å²) in [7, 11) is 1.92. The average molecular weight is 497 g/mol. The minimum atomic E-state index is 0.00858. The van der Waals surface area contributed by atoms with E-state index in [4.69, 9.17) is 21.6 Å². The molecule has 4 aromatic heterocycles. The van der Waals surface area contributed by atoms with Gasteiger partial charge in [0.05, 0.1) is 16.6 Å². The molecule has 1 atom stereocenters. The number of aliphatic hydroxyl groups is 1. The third-order valence-corrected chi connectivity index (χ3v) is 7.36. The number of fused-ring (bicyclic) bond motifs is 1. The van der Waals surface area contributed by atoms with Crippen LogP contribution < -0.4 is 5.32 Å². The molecule has 0 aliphatic rings. The number of nitrogens with zero attached hydrogens (tertiary/aromatic N) is 5. The Morgan fingerprint density at radius 1 is 1.21 bits per heavy atom. The highest BCUT2D eigenvalue weighted by Crippen LogP contribution is 2.48. The third kappa shape index (κ3) is 4.13. The first-order valence-corrected chi connectivity index (χ1v) is 12.5. The summed E-state index contributed by atoms with van der Waals surface area (Å²) in [5.74, 6) is 1.90. The van der Waals surface area contributed by atoms with Crippen molar-refractivity contribution in [3.63, 3.8) is 0 Å². The van der Waals surface area contributed by atoms with Crippen LogP contribution in [0.2, 0.25) is 5.02 Å². The predicted octanol–water partition coefficient (Wildman–Crippen LogP) is 5.72. The number of hydrogen-bond donors (Lipinski definition) is 2. The van der Waals surface area contributed by atoms with E-state index < -0.39 is 0 Å². The zero-order valence-corrected chi connectivity index (χ0v) is 20.4. The predicted molar refractivity (Wildman–Crippen MR) is 136 cm³/mol. The van der Waals surface area contributed by atoms with Gasteiger partial charge in [-0.15, -0.1) is 22.7 Å². The molecule has 10 heteroatoms. The van der Waals surface area contributed by atoms with Gasteiger partial charge in [-0.3, -0.25) is 0 Å². The summed E-state index contributed by atoms with van der Waals surface area (Å²) < 4.78 is 1.89. The van der Waals surface area contributed by atoms with Crippen LogP contribution >= 0.6 is 34.3 Å². The number of aromatic nitrogens is 5. The monoisotopic (exact) mass is 496 g/mol. The SMILES string of the molecule is CC(CCO)Nc1nc(-c2nccn2C)nc2sc(-c3ccccc3Cl)c(-c3cscn3)c12. The lowest BCUT2D eigenvalue weighted by Crippen LogP contribution is -2.18. The molecular formula is C23H21ClN6OS2. The summed E-state index contributed by atoms with van der Waals surface area (Å²) in [6, 6.07) is 7.81. The average Bonchev–Trinajstić information content (AvgIpc) is 3.53. The summed E-state index contributed by atoms with van der Waals surface area (Å²) in [6.07, 6.45) is 4.19. The zero-order valence-electron chi connectivity index (χ0n) is 18.0. The van der Waals surface area contributed by atoms with Gasteiger partial charge in [0.1, 0.15) is 10.6 Å². The van der Waals surface area contributed by atoms with Crippen LogP contribution in [0.1, 0.15) is 13.3 Å². The Bertz CT molecular complexity index is 1410. The molecule has 1 unspecified atom stereocenters. The molecular weight excluding hydrogens is 476 g/mol. The Labute approximate surface area is 203 Å². The molecule has 7 nitrogen and oxygen atoms in total. The van der Waals surface area contributed by atoms with Crippen molar-refractivity contribution in [3.05, 3.63) is 52.6 Å². The van der Waals surface area contributed by atoms with Gasteiger partial charge in [-0.1, -0.05) is 29.8 Å². The van der Waals surface area contributed by atoms with E-state index in [1.165, 1.54) is 11.3 Å². The van der Waals surface area contributed by atoms with Gasteiger partial charge >= 0.3 is 0 Å². The fourth-order valence-electron chi connectivity index (χ4n) is 3.70. The first-order chi connectivity index (χ1) is 16.1. The van der Waals surface area contributed by atoms with E-state index in [1.54, 1.807) is 17.5 Å². The van der Waals surface area contributed by atoms with Gasteiger partial charge in [0.15, 0.2) is 11.6 Å². The van der Waals surface area contributed by atoms with Crippen LogP contribution in [-0.2, 0) is 7.05 Å². The lowest BCUT2D eigenvalue weighted by Gasteiger charge is -2.15. The van der Waals surface area contributed by atoms with E-state index in [-0.39, 0.29) is 12.6 Å². The Hall–Kier alpha value is -2.85. The summed E-state index contributed by atoms with van der Waals surface area (Å²) >= 11 is 9.72. The van der Waals surface area contributed by atoms with Crippen molar-refractivity contribution < 1.29 is 5.11 Å². The van der Waals surface area contributed by atoms with Gasteiger partial charge in [0.2, 0.25) is 0 Å². The van der Waals surface area contributed by atoms with Gasteiger partial charge in [-0.05, 0) is 19.4 Å². The van der Waals surface area contributed by atoms with Crippen molar-refractivity contribution in [2.75, 3.05) is 11.9 Å². The van der Waals surface area contributed by atoms with Gasteiger partial charge in [-0.25, -0.2) is 19.9 Å². The quantitative estimate of drug-likeness (QED) is 0.299. The second kappa shape index (κ2) is 9.18.